The van der Waals surface area contributed by atoms with Crippen LogP contribution in [0.2, 0.25) is 0 Å². The second kappa shape index (κ2) is 4.98. The molecule has 2 aromatic rings. The predicted molar refractivity (Wildman–Crippen MR) is 73.9 cm³/mol. The largest absolute Gasteiger partial charge is 0.338 e. The smallest absolute Gasteiger partial charge is 0.234 e. The van der Waals surface area contributed by atoms with Gasteiger partial charge in [0, 0.05) is 12.1 Å². The maximum atomic E-state index is 13.2. The standard InChI is InChI=1S/C15H18FN3O/c1-3-15(6-7-17-9-15)14-18-13(19-20-14)12-5-4-11(16)8-10(12)2/h4-5,8,17H,3,6-7,9H2,1-2H3. The second-order valence-electron chi connectivity index (χ2n) is 5.44. The molecule has 0 amide bonds. The van der Waals surface area contributed by atoms with Crippen molar-refractivity contribution in [2.24, 2.45) is 0 Å². The zero-order valence-electron chi connectivity index (χ0n) is 11.7. The highest BCUT2D eigenvalue weighted by Crippen LogP contribution is 2.34. The van der Waals surface area contributed by atoms with Crippen molar-refractivity contribution in [3.63, 3.8) is 0 Å². The van der Waals surface area contributed by atoms with Crippen molar-refractivity contribution >= 4 is 0 Å². The van der Waals surface area contributed by atoms with Gasteiger partial charge in [0.25, 0.3) is 0 Å². The van der Waals surface area contributed by atoms with E-state index in [-0.39, 0.29) is 11.2 Å². The number of benzene rings is 1. The highest BCUT2D eigenvalue weighted by molar-refractivity contribution is 5.59. The lowest BCUT2D eigenvalue weighted by atomic mass is 9.84. The van der Waals surface area contributed by atoms with Crippen LogP contribution in [-0.2, 0) is 5.41 Å². The second-order valence-corrected chi connectivity index (χ2v) is 5.44. The van der Waals surface area contributed by atoms with Crippen LogP contribution in [0.4, 0.5) is 4.39 Å². The van der Waals surface area contributed by atoms with Crippen LogP contribution in [0.15, 0.2) is 22.7 Å². The molecule has 0 aliphatic carbocycles. The first-order valence-electron chi connectivity index (χ1n) is 6.96. The van der Waals surface area contributed by atoms with Crippen LogP contribution < -0.4 is 5.32 Å². The number of rotatable bonds is 3. The Bertz CT molecular complexity index is 617. The third-order valence-electron chi connectivity index (χ3n) is 4.23. The monoisotopic (exact) mass is 275 g/mol. The molecule has 2 heterocycles. The van der Waals surface area contributed by atoms with E-state index >= 15 is 0 Å². The first kappa shape index (κ1) is 13.2. The van der Waals surface area contributed by atoms with Crippen LogP contribution in [-0.4, -0.2) is 23.2 Å². The molecule has 0 bridgehead atoms. The molecule has 1 N–H and O–H groups in total. The predicted octanol–water partition coefficient (Wildman–Crippen LogP) is 2.83. The Labute approximate surface area is 117 Å². The van der Waals surface area contributed by atoms with Gasteiger partial charge in [-0.1, -0.05) is 12.1 Å². The van der Waals surface area contributed by atoms with E-state index in [4.69, 9.17) is 4.52 Å². The molecule has 0 saturated carbocycles. The van der Waals surface area contributed by atoms with Gasteiger partial charge >= 0.3 is 0 Å². The summed E-state index contributed by atoms with van der Waals surface area (Å²) in [7, 11) is 0. The van der Waals surface area contributed by atoms with E-state index in [2.05, 4.69) is 22.4 Å². The summed E-state index contributed by atoms with van der Waals surface area (Å²) in [5.41, 5.74) is 1.57. The highest BCUT2D eigenvalue weighted by atomic mass is 19.1. The normalized spacial score (nSPS) is 22.4. The molecule has 1 aromatic heterocycles. The SMILES string of the molecule is CCC1(c2nc(-c3ccc(F)cc3C)no2)CCNC1. The van der Waals surface area contributed by atoms with Crippen LogP contribution in [0.5, 0.6) is 0 Å². The summed E-state index contributed by atoms with van der Waals surface area (Å²) >= 11 is 0. The molecule has 1 aliphatic rings. The molecule has 1 saturated heterocycles. The lowest BCUT2D eigenvalue weighted by molar-refractivity contribution is 0.285. The van der Waals surface area contributed by atoms with E-state index in [0.717, 1.165) is 37.1 Å². The maximum absolute atomic E-state index is 13.2. The van der Waals surface area contributed by atoms with E-state index in [1.165, 1.54) is 12.1 Å². The zero-order chi connectivity index (χ0) is 14.2. The number of nitrogens with one attached hydrogen (secondary N) is 1. The lowest BCUT2D eigenvalue weighted by Gasteiger charge is -2.20. The van der Waals surface area contributed by atoms with E-state index in [9.17, 15) is 4.39 Å². The summed E-state index contributed by atoms with van der Waals surface area (Å²) in [6.07, 6.45) is 1.97. The summed E-state index contributed by atoms with van der Waals surface area (Å²) in [4.78, 5) is 4.56. The van der Waals surface area contributed by atoms with E-state index < -0.39 is 0 Å². The highest BCUT2D eigenvalue weighted by Gasteiger charge is 2.39. The molecule has 20 heavy (non-hydrogen) atoms. The molecule has 1 fully saturated rings. The van der Waals surface area contributed by atoms with Gasteiger partial charge in [-0.2, -0.15) is 4.98 Å². The number of aryl methyl sites for hydroxylation is 1. The third-order valence-corrected chi connectivity index (χ3v) is 4.23. The Morgan fingerprint density at radius 3 is 2.95 bits per heavy atom. The number of halogens is 1. The van der Waals surface area contributed by atoms with Gasteiger partial charge < -0.3 is 9.84 Å². The van der Waals surface area contributed by atoms with Gasteiger partial charge in [-0.05, 0) is 50.1 Å². The zero-order valence-corrected chi connectivity index (χ0v) is 11.7. The topological polar surface area (TPSA) is 51.0 Å². The Kier molecular flexibility index (Phi) is 3.30. The van der Waals surface area contributed by atoms with Gasteiger partial charge in [-0.3, -0.25) is 0 Å². The number of hydrogen-bond donors (Lipinski definition) is 1. The summed E-state index contributed by atoms with van der Waals surface area (Å²) in [6.45, 7) is 5.83. The molecule has 5 heteroatoms. The average Bonchev–Trinajstić information content (AvgIpc) is 3.08. The van der Waals surface area contributed by atoms with Gasteiger partial charge in [0.15, 0.2) is 0 Å². The fourth-order valence-electron chi connectivity index (χ4n) is 2.81. The van der Waals surface area contributed by atoms with Crippen LogP contribution in [0.1, 0.15) is 31.2 Å². The fourth-order valence-corrected chi connectivity index (χ4v) is 2.81. The average molecular weight is 275 g/mol. The molecule has 4 nitrogen and oxygen atoms in total. The molecule has 0 radical (unpaired) electrons. The molecular formula is C15H18FN3O. The van der Waals surface area contributed by atoms with E-state index in [0.29, 0.717) is 11.7 Å². The van der Waals surface area contributed by atoms with Crippen molar-refractivity contribution in [1.29, 1.82) is 0 Å². The van der Waals surface area contributed by atoms with E-state index in [1.54, 1.807) is 6.07 Å². The van der Waals surface area contributed by atoms with Crippen molar-refractivity contribution in [2.75, 3.05) is 13.1 Å². The Hall–Kier alpha value is -1.75. The molecule has 3 rings (SSSR count). The van der Waals surface area contributed by atoms with Crippen molar-refractivity contribution in [1.82, 2.24) is 15.5 Å². The molecule has 1 aliphatic heterocycles. The number of hydrogen-bond acceptors (Lipinski definition) is 4. The first-order valence-corrected chi connectivity index (χ1v) is 6.96. The van der Waals surface area contributed by atoms with Crippen LogP contribution >= 0.6 is 0 Å². The van der Waals surface area contributed by atoms with Crippen molar-refractivity contribution in [2.45, 2.75) is 32.1 Å². The van der Waals surface area contributed by atoms with Crippen molar-refractivity contribution in [3.05, 3.63) is 35.5 Å². The maximum Gasteiger partial charge on any atom is 0.234 e. The quantitative estimate of drug-likeness (QED) is 0.935. The number of nitrogens with zero attached hydrogens (tertiary/aromatic N) is 2. The lowest BCUT2D eigenvalue weighted by Crippen LogP contribution is -2.28. The minimum Gasteiger partial charge on any atom is -0.338 e. The Balaban J connectivity index is 1.97. The Morgan fingerprint density at radius 1 is 1.45 bits per heavy atom. The van der Waals surface area contributed by atoms with Gasteiger partial charge in [-0.25, -0.2) is 4.39 Å². The molecule has 1 atom stereocenters. The summed E-state index contributed by atoms with van der Waals surface area (Å²) < 4.78 is 18.6. The van der Waals surface area contributed by atoms with Crippen molar-refractivity contribution in [3.8, 4) is 11.4 Å². The minimum atomic E-state index is -0.250. The summed E-state index contributed by atoms with van der Waals surface area (Å²) in [5.74, 6) is 0.973. The summed E-state index contributed by atoms with van der Waals surface area (Å²) in [5, 5.41) is 7.43. The molecule has 106 valence electrons. The van der Waals surface area contributed by atoms with Crippen LogP contribution in [0.3, 0.4) is 0 Å². The van der Waals surface area contributed by atoms with Crippen LogP contribution in [0, 0.1) is 12.7 Å². The van der Waals surface area contributed by atoms with Crippen molar-refractivity contribution < 1.29 is 8.91 Å². The minimum absolute atomic E-state index is 0.0564. The van der Waals surface area contributed by atoms with Crippen LogP contribution in [0.25, 0.3) is 11.4 Å². The van der Waals surface area contributed by atoms with Gasteiger partial charge in [0.05, 0.1) is 5.41 Å². The molecule has 1 unspecified atom stereocenters. The van der Waals surface area contributed by atoms with Gasteiger partial charge in [0.1, 0.15) is 5.82 Å². The van der Waals surface area contributed by atoms with Gasteiger partial charge in [-0.15, -0.1) is 0 Å². The Morgan fingerprint density at radius 2 is 2.30 bits per heavy atom. The number of aromatic nitrogens is 2. The summed E-state index contributed by atoms with van der Waals surface area (Å²) in [6, 6.07) is 4.61. The fraction of sp³-hybridized carbons (Fsp3) is 0.467. The van der Waals surface area contributed by atoms with Gasteiger partial charge in [0.2, 0.25) is 11.7 Å². The molecular weight excluding hydrogens is 257 g/mol. The first-order chi connectivity index (χ1) is 9.64. The molecule has 1 aromatic carbocycles. The van der Waals surface area contributed by atoms with E-state index in [1.807, 2.05) is 6.92 Å². The molecule has 0 spiro atoms. The third kappa shape index (κ3) is 2.12.